The Morgan fingerprint density at radius 2 is 2.14 bits per heavy atom. The minimum Gasteiger partial charge on any atom is -0.497 e. The Morgan fingerprint density at radius 1 is 1.38 bits per heavy atom. The number of likely N-dealkylation sites (N-methyl/N-ethyl adjacent to an activating group) is 1. The molecule has 1 saturated heterocycles. The molecule has 1 aliphatic heterocycles. The first-order chi connectivity index (χ1) is 10.0. The number of rotatable bonds is 3. The van der Waals surface area contributed by atoms with Crippen LogP contribution >= 0.6 is 0 Å². The molecule has 1 aliphatic rings. The van der Waals surface area contributed by atoms with E-state index < -0.39 is 6.04 Å². The number of ether oxygens (including phenoxy) is 1. The van der Waals surface area contributed by atoms with Gasteiger partial charge in [-0.15, -0.1) is 0 Å². The zero-order valence-electron chi connectivity index (χ0n) is 12.6. The SMILES string of the molecule is COc1cccc(C(=O)N2CCNCC2C(=O)N(C)C)c1. The standard InChI is InChI=1S/C15H21N3O3/c1-17(2)15(20)13-10-16-7-8-18(13)14(19)11-5-4-6-12(9-11)21-3/h4-6,9,13,16H,7-8,10H2,1-3H3. The van der Waals surface area contributed by atoms with Gasteiger partial charge in [0, 0.05) is 39.3 Å². The van der Waals surface area contributed by atoms with E-state index in [4.69, 9.17) is 4.74 Å². The smallest absolute Gasteiger partial charge is 0.254 e. The summed E-state index contributed by atoms with van der Waals surface area (Å²) < 4.78 is 5.15. The van der Waals surface area contributed by atoms with Gasteiger partial charge in [-0.05, 0) is 18.2 Å². The quantitative estimate of drug-likeness (QED) is 0.864. The molecule has 6 heteroatoms. The molecule has 0 radical (unpaired) electrons. The molecule has 2 amide bonds. The Kier molecular flexibility index (Phi) is 4.80. The molecule has 1 N–H and O–H groups in total. The van der Waals surface area contributed by atoms with Crippen molar-refractivity contribution in [3.63, 3.8) is 0 Å². The highest BCUT2D eigenvalue weighted by atomic mass is 16.5. The van der Waals surface area contributed by atoms with E-state index in [1.807, 2.05) is 0 Å². The summed E-state index contributed by atoms with van der Waals surface area (Å²) >= 11 is 0. The van der Waals surface area contributed by atoms with Crippen LogP contribution in [0.1, 0.15) is 10.4 Å². The van der Waals surface area contributed by atoms with E-state index in [-0.39, 0.29) is 11.8 Å². The first kappa shape index (κ1) is 15.3. The van der Waals surface area contributed by atoms with E-state index in [9.17, 15) is 9.59 Å². The average Bonchev–Trinajstić information content (AvgIpc) is 2.53. The molecule has 0 saturated carbocycles. The highest BCUT2D eigenvalue weighted by Gasteiger charge is 2.33. The molecule has 114 valence electrons. The number of carbonyl (C=O) groups excluding carboxylic acids is 2. The number of piperazine rings is 1. The average molecular weight is 291 g/mol. The lowest BCUT2D eigenvalue weighted by Crippen LogP contribution is -2.59. The highest BCUT2D eigenvalue weighted by Crippen LogP contribution is 2.17. The van der Waals surface area contributed by atoms with Crippen LogP contribution in [0.25, 0.3) is 0 Å². The minimum atomic E-state index is -0.465. The number of benzene rings is 1. The van der Waals surface area contributed by atoms with Crippen molar-refractivity contribution in [1.29, 1.82) is 0 Å². The van der Waals surface area contributed by atoms with Gasteiger partial charge in [-0.3, -0.25) is 9.59 Å². The Hall–Kier alpha value is -2.08. The molecule has 0 spiro atoms. The molecule has 0 bridgehead atoms. The van der Waals surface area contributed by atoms with E-state index in [1.54, 1.807) is 50.4 Å². The zero-order valence-corrected chi connectivity index (χ0v) is 12.6. The molecule has 2 rings (SSSR count). The van der Waals surface area contributed by atoms with Crippen molar-refractivity contribution >= 4 is 11.8 Å². The van der Waals surface area contributed by atoms with Crippen LogP contribution in [0.3, 0.4) is 0 Å². The van der Waals surface area contributed by atoms with Crippen LogP contribution in [0.4, 0.5) is 0 Å². The van der Waals surface area contributed by atoms with Gasteiger partial charge in [-0.25, -0.2) is 0 Å². The Morgan fingerprint density at radius 3 is 2.81 bits per heavy atom. The Balaban J connectivity index is 2.24. The zero-order chi connectivity index (χ0) is 15.4. The first-order valence-corrected chi connectivity index (χ1v) is 6.91. The molecule has 0 aromatic heterocycles. The van der Waals surface area contributed by atoms with E-state index >= 15 is 0 Å². The summed E-state index contributed by atoms with van der Waals surface area (Å²) in [5, 5.41) is 3.16. The van der Waals surface area contributed by atoms with Crippen LogP contribution in [0, 0.1) is 0 Å². The summed E-state index contributed by atoms with van der Waals surface area (Å²) in [4.78, 5) is 28.1. The fourth-order valence-corrected chi connectivity index (χ4v) is 2.39. The molecule has 1 fully saturated rings. The maximum absolute atomic E-state index is 12.7. The Labute approximate surface area is 124 Å². The highest BCUT2D eigenvalue weighted by molar-refractivity contribution is 5.98. The van der Waals surface area contributed by atoms with Gasteiger partial charge >= 0.3 is 0 Å². The van der Waals surface area contributed by atoms with Gasteiger partial charge in [0.1, 0.15) is 11.8 Å². The summed E-state index contributed by atoms with van der Waals surface area (Å²) in [6.45, 7) is 1.68. The van der Waals surface area contributed by atoms with Crippen molar-refractivity contribution in [3.05, 3.63) is 29.8 Å². The first-order valence-electron chi connectivity index (χ1n) is 6.91. The van der Waals surface area contributed by atoms with Gasteiger partial charge in [0.05, 0.1) is 7.11 Å². The van der Waals surface area contributed by atoms with E-state index in [2.05, 4.69) is 5.32 Å². The van der Waals surface area contributed by atoms with Gasteiger partial charge < -0.3 is 19.9 Å². The normalized spacial score (nSPS) is 18.2. The van der Waals surface area contributed by atoms with Crippen LogP contribution in [0.2, 0.25) is 0 Å². The second-order valence-electron chi connectivity index (χ2n) is 5.18. The van der Waals surface area contributed by atoms with Gasteiger partial charge in [-0.2, -0.15) is 0 Å². The predicted molar refractivity (Wildman–Crippen MR) is 79.4 cm³/mol. The molecule has 1 aromatic carbocycles. The molecular weight excluding hydrogens is 270 g/mol. The van der Waals surface area contributed by atoms with Gasteiger partial charge in [0.25, 0.3) is 5.91 Å². The maximum Gasteiger partial charge on any atom is 0.254 e. The lowest BCUT2D eigenvalue weighted by atomic mass is 10.1. The molecule has 6 nitrogen and oxygen atoms in total. The maximum atomic E-state index is 12.7. The minimum absolute atomic E-state index is 0.0709. The van der Waals surface area contributed by atoms with Crippen molar-refractivity contribution in [1.82, 2.24) is 15.1 Å². The molecular formula is C15H21N3O3. The van der Waals surface area contributed by atoms with Crippen LogP contribution < -0.4 is 10.1 Å². The lowest BCUT2D eigenvalue weighted by Gasteiger charge is -2.36. The number of nitrogens with one attached hydrogen (secondary N) is 1. The molecule has 1 atom stereocenters. The van der Waals surface area contributed by atoms with Crippen molar-refractivity contribution in [3.8, 4) is 5.75 Å². The molecule has 1 unspecified atom stereocenters. The van der Waals surface area contributed by atoms with E-state index in [0.29, 0.717) is 30.9 Å². The van der Waals surface area contributed by atoms with Crippen LogP contribution in [0.5, 0.6) is 5.75 Å². The van der Waals surface area contributed by atoms with Crippen molar-refractivity contribution < 1.29 is 14.3 Å². The van der Waals surface area contributed by atoms with Crippen molar-refractivity contribution in [2.75, 3.05) is 40.8 Å². The fourth-order valence-electron chi connectivity index (χ4n) is 2.39. The topological polar surface area (TPSA) is 61.9 Å². The number of hydrogen-bond acceptors (Lipinski definition) is 4. The summed E-state index contributed by atoms with van der Waals surface area (Å²) in [6, 6.07) is 6.53. The van der Waals surface area contributed by atoms with Crippen LogP contribution in [-0.2, 0) is 4.79 Å². The third-order valence-corrected chi connectivity index (χ3v) is 3.55. The van der Waals surface area contributed by atoms with Gasteiger partial charge in [0.2, 0.25) is 5.91 Å². The summed E-state index contributed by atoms with van der Waals surface area (Å²) in [5.74, 6) is 0.417. The van der Waals surface area contributed by atoms with Crippen LogP contribution in [0.15, 0.2) is 24.3 Å². The van der Waals surface area contributed by atoms with E-state index in [0.717, 1.165) is 0 Å². The summed E-state index contributed by atoms with van der Waals surface area (Å²) in [5.41, 5.74) is 0.535. The lowest BCUT2D eigenvalue weighted by molar-refractivity contribution is -0.134. The number of amides is 2. The molecule has 1 heterocycles. The summed E-state index contributed by atoms with van der Waals surface area (Å²) in [7, 11) is 4.96. The number of methoxy groups -OCH3 is 1. The van der Waals surface area contributed by atoms with Gasteiger partial charge in [-0.1, -0.05) is 6.07 Å². The van der Waals surface area contributed by atoms with Gasteiger partial charge in [0.15, 0.2) is 0 Å². The van der Waals surface area contributed by atoms with E-state index in [1.165, 1.54) is 4.90 Å². The van der Waals surface area contributed by atoms with Crippen LogP contribution in [-0.4, -0.2) is 68.5 Å². The van der Waals surface area contributed by atoms with Crippen molar-refractivity contribution in [2.45, 2.75) is 6.04 Å². The third-order valence-electron chi connectivity index (χ3n) is 3.55. The number of hydrogen-bond donors (Lipinski definition) is 1. The fraction of sp³-hybridized carbons (Fsp3) is 0.467. The molecule has 1 aromatic rings. The summed E-state index contributed by atoms with van der Waals surface area (Å²) in [6.07, 6.45) is 0. The largest absolute Gasteiger partial charge is 0.497 e. The monoisotopic (exact) mass is 291 g/mol. The number of carbonyl (C=O) groups is 2. The number of nitrogens with zero attached hydrogens (tertiary/aromatic N) is 2. The Bertz CT molecular complexity index is 531. The second-order valence-corrected chi connectivity index (χ2v) is 5.18. The second kappa shape index (κ2) is 6.58. The van der Waals surface area contributed by atoms with Crippen molar-refractivity contribution in [2.24, 2.45) is 0 Å². The predicted octanol–water partition coefficient (Wildman–Crippen LogP) is 0.197. The molecule has 0 aliphatic carbocycles. The molecule has 21 heavy (non-hydrogen) atoms. The third kappa shape index (κ3) is 3.33.